The largest absolute Gasteiger partial charge is 0.486 e. The number of nitrogens with zero attached hydrogens (tertiary/aromatic N) is 1. The Bertz CT molecular complexity index is 455. The number of H-pyrrole nitrogens is 1. The second-order valence-electron chi connectivity index (χ2n) is 3.04. The van der Waals surface area contributed by atoms with Crippen LogP contribution in [0.1, 0.15) is 5.69 Å². The summed E-state index contributed by atoms with van der Waals surface area (Å²) in [4.78, 5) is 0. The van der Waals surface area contributed by atoms with E-state index in [-0.39, 0.29) is 0 Å². The maximum atomic E-state index is 5.92. The van der Waals surface area contributed by atoms with Crippen molar-refractivity contribution in [2.45, 2.75) is 6.61 Å². The van der Waals surface area contributed by atoms with E-state index < -0.39 is 0 Å². The van der Waals surface area contributed by atoms with Crippen molar-refractivity contribution in [1.29, 1.82) is 0 Å². The molecule has 0 atom stereocenters. The van der Waals surface area contributed by atoms with E-state index >= 15 is 0 Å². The number of hydrogen-bond donors (Lipinski definition) is 2. The van der Waals surface area contributed by atoms with Gasteiger partial charge >= 0.3 is 0 Å². The third-order valence-corrected chi connectivity index (χ3v) is 2.18. The first-order chi connectivity index (χ1) is 7.25. The Balaban J connectivity index is 2.02. The maximum absolute atomic E-state index is 5.92. The van der Waals surface area contributed by atoms with Crippen molar-refractivity contribution in [3.8, 4) is 5.75 Å². The van der Waals surface area contributed by atoms with E-state index in [4.69, 9.17) is 22.1 Å². The molecule has 78 valence electrons. The molecule has 0 amide bonds. The van der Waals surface area contributed by atoms with Crippen molar-refractivity contribution in [1.82, 2.24) is 10.2 Å². The van der Waals surface area contributed by atoms with Crippen LogP contribution in [0.25, 0.3) is 0 Å². The number of benzene rings is 1. The molecule has 1 aromatic heterocycles. The van der Waals surface area contributed by atoms with Gasteiger partial charge in [0.25, 0.3) is 0 Å². The molecule has 2 aromatic rings. The topological polar surface area (TPSA) is 63.9 Å². The van der Waals surface area contributed by atoms with Gasteiger partial charge < -0.3 is 10.5 Å². The molecule has 0 radical (unpaired) electrons. The average Bonchev–Trinajstić information content (AvgIpc) is 2.63. The normalized spacial score (nSPS) is 10.2. The highest BCUT2D eigenvalue weighted by atomic mass is 35.5. The minimum absolute atomic E-state index is 0.369. The molecule has 0 fully saturated rings. The maximum Gasteiger partial charge on any atom is 0.145 e. The van der Waals surface area contributed by atoms with Crippen molar-refractivity contribution in [2.24, 2.45) is 0 Å². The highest BCUT2D eigenvalue weighted by Gasteiger charge is 2.02. The van der Waals surface area contributed by atoms with Crippen LogP contribution in [0.3, 0.4) is 0 Å². The molecular weight excluding hydrogens is 214 g/mol. The molecule has 0 unspecified atom stereocenters. The third-order valence-electron chi connectivity index (χ3n) is 1.87. The highest BCUT2D eigenvalue weighted by molar-refractivity contribution is 6.32. The number of hydrogen-bond acceptors (Lipinski definition) is 3. The number of aromatic amines is 1. The molecule has 0 bridgehead atoms. The second kappa shape index (κ2) is 4.23. The molecule has 0 aliphatic carbocycles. The summed E-state index contributed by atoms with van der Waals surface area (Å²) >= 11 is 5.92. The first-order valence-corrected chi connectivity index (χ1v) is 4.80. The number of nitrogens with two attached hydrogens (primary N) is 1. The van der Waals surface area contributed by atoms with Gasteiger partial charge in [-0.25, -0.2) is 0 Å². The predicted octanol–water partition coefficient (Wildman–Crippen LogP) is 2.22. The van der Waals surface area contributed by atoms with Crippen molar-refractivity contribution < 1.29 is 4.74 Å². The SMILES string of the molecule is Nc1cc(COc2ccccc2Cl)[nH]n1. The summed E-state index contributed by atoms with van der Waals surface area (Å²) < 4.78 is 5.48. The zero-order chi connectivity index (χ0) is 10.7. The minimum atomic E-state index is 0.369. The van der Waals surface area contributed by atoms with Crippen LogP contribution in [-0.4, -0.2) is 10.2 Å². The summed E-state index contributed by atoms with van der Waals surface area (Å²) in [6.07, 6.45) is 0. The lowest BCUT2D eigenvalue weighted by molar-refractivity contribution is 0.301. The monoisotopic (exact) mass is 223 g/mol. The van der Waals surface area contributed by atoms with Gasteiger partial charge in [0.15, 0.2) is 0 Å². The molecule has 3 N–H and O–H groups in total. The first-order valence-electron chi connectivity index (χ1n) is 4.43. The summed E-state index contributed by atoms with van der Waals surface area (Å²) in [5, 5.41) is 7.13. The Kier molecular flexibility index (Phi) is 2.78. The van der Waals surface area contributed by atoms with E-state index in [2.05, 4.69) is 10.2 Å². The first kappa shape index (κ1) is 9.86. The Hall–Kier alpha value is -1.68. The fraction of sp³-hybridized carbons (Fsp3) is 0.100. The minimum Gasteiger partial charge on any atom is -0.486 e. The van der Waals surface area contributed by atoms with Crippen LogP contribution in [0.5, 0.6) is 5.75 Å². The molecule has 1 heterocycles. The number of halogens is 1. The van der Waals surface area contributed by atoms with E-state index in [1.807, 2.05) is 18.2 Å². The predicted molar refractivity (Wildman–Crippen MR) is 58.8 cm³/mol. The van der Waals surface area contributed by atoms with Gasteiger partial charge in [-0.05, 0) is 12.1 Å². The molecule has 0 spiro atoms. The number of nitrogen functional groups attached to an aromatic ring is 1. The fourth-order valence-corrected chi connectivity index (χ4v) is 1.36. The zero-order valence-electron chi connectivity index (χ0n) is 7.90. The third kappa shape index (κ3) is 2.41. The van der Waals surface area contributed by atoms with Crippen LogP contribution in [0, 0.1) is 0 Å². The van der Waals surface area contributed by atoms with E-state index in [0.717, 1.165) is 5.69 Å². The van der Waals surface area contributed by atoms with Crippen molar-refractivity contribution in [3.63, 3.8) is 0 Å². The van der Waals surface area contributed by atoms with Gasteiger partial charge in [0.2, 0.25) is 0 Å². The molecule has 5 heteroatoms. The summed E-state index contributed by atoms with van der Waals surface area (Å²) in [5.74, 6) is 1.10. The van der Waals surface area contributed by atoms with Crippen molar-refractivity contribution in [3.05, 3.63) is 41.0 Å². The summed E-state index contributed by atoms with van der Waals surface area (Å²) in [5.41, 5.74) is 6.27. The number of nitrogens with one attached hydrogen (secondary N) is 1. The lowest BCUT2D eigenvalue weighted by Gasteiger charge is -2.05. The van der Waals surface area contributed by atoms with Crippen molar-refractivity contribution in [2.75, 3.05) is 5.73 Å². The molecule has 2 rings (SSSR count). The van der Waals surface area contributed by atoms with Gasteiger partial charge in [-0.3, -0.25) is 5.10 Å². The van der Waals surface area contributed by atoms with Crippen LogP contribution in [0.15, 0.2) is 30.3 Å². The van der Waals surface area contributed by atoms with Crippen LogP contribution in [0.4, 0.5) is 5.82 Å². The second-order valence-corrected chi connectivity index (χ2v) is 3.44. The average molecular weight is 224 g/mol. The Morgan fingerprint density at radius 2 is 2.20 bits per heavy atom. The molecule has 1 aromatic carbocycles. The number of aromatic nitrogens is 2. The van der Waals surface area contributed by atoms with Crippen LogP contribution in [0.2, 0.25) is 5.02 Å². The van der Waals surface area contributed by atoms with E-state index in [1.165, 1.54) is 0 Å². The quantitative estimate of drug-likeness (QED) is 0.839. The summed E-state index contributed by atoms with van der Waals surface area (Å²) in [6, 6.07) is 9.02. The fourth-order valence-electron chi connectivity index (χ4n) is 1.17. The van der Waals surface area contributed by atoms with Gasteiger partial charge in [-0.15, -0.1) is 0 Å². The number of para-hydroxylation sites is 1. The van der Waals surface area contributed by atoms with Gasteiger partial charge in [-0.1, -0.05) is 23.7 Å². The number of ether oxygens (including phenoxy) is 1. The van der Waals surface area contributed by atoms with Crippen LogP contribution in [-0.2, 0) is 6.61 Å². The van der Waals surface area contributed by atoms with E-state index in [0.29, 0.717) is 23.2 Å². The molecular formula is C10H10ClN3O. The van der Waals surface area contributed by atoms with E-state index in [1.54, 1.807) is 12.1 Å². The molecule has 0 saturated heterocycles. The lowest BCUT2D eigenvalue weighted by Crippen LogP contribution is -1.96. The number of rotatable bonds is 3. The molecule has 15 heavy (non-hydrogen) atoms. The van der Waals surface area contributed by atoms with Gasteiger partial charge in [0.1, 0.15) is 18.2 Å². The van der Waals surface area contributed by atoms with E-state index in [9.17, 15) is 0 Å². The van der Waals surface area contributed by atoms with Gasteiger partial charge in [0.05, 0.1) is 10.7 Å². The lowest BCUT2D eigenvalue weighted by atomic mass is 10.3. The molecule has 0 aliphatic heterocycles. The van der Waals surface area contributed by atoms with Crippen molar-refractivity contribution >= 4 is 17.4 Å². The van der Waals surface area contributed by atoms with Gasteiger partial charge in [0, 0.05) is 6.07 Å². The summed E-state index contributed by atoms with van der Waals surface area (Å²) in [6.45, 7) is 0.369. The highest BCUT2D eigenvalue weighted by Crippen LogP contribution is 2.23. The zero-order valence-corrected chi connectivity index (χ0v) is 8.66. The Morgan fingerprint density at radius 3 is 2.87 bits per heavy atom. The molecule has 0 aliphatic rings. The standard InChI is InChI=1S/C10H10ClN3O/c11-8-3-1-2-4-9(8)15-6-7-5-10(12)14-13-7/h1-5H,6H2,(H3,12,13,14). The number of anilines is 1. The van der Waals surface area contributed by atoms with Crippen LogP contribution >= 0.6 is 11.6 Å². The Morgan fingerprint density at radius 1 is 1.40 bits per heavy atom. The molecule has 0 saturated carbocycles. The summed E-state index contributed by atoms with van der Waals surface area (Å²) in [7, 11) is 0. The Labute approximate surface area is 92.0 Å². The molecule has 4 nitrogen and oxygen atoms in total. The van der Waals surface area contributed by atoms with Crippen LogP contribution < -0.4 is 10.5 Å². The smallest absolute Gasteiger partial charge is 0.145 e. The van der Waals surface area contributed by atoms with Gasteiger partial charge in [-0.2, -0.15) is 5.10 Å².